The fourth-order valence-corrected chi connectivity index (χ4v) is 2.45. The van der Waals surface area contributed by atoms with E-state index in [1.165, 1.54) is 16.8 Å². The van der Waals surface area contributed by atoms with Crippen LogP contribution in [0, 0.1) is 5.82 Å². The molecule has 2 aromatic carbocycles. The molecule has 3 aromatic rings. The van der Waals surface area contributed by atoms with Gasteiger partial charge in [0.05, 0.1) is 20.9 Å². The van der Waals surface area contributed by atoms with E-state index >= 15 is 0 Å². The summed E-state index contributed by atoms with van der Waals surface area (Å²) in [5, 5.41) is 12.0. The number of tetrazole rings is 1. The van der Waals surface area contributed by atoms with Crippen LogP contribution in [0.2, 0.25) is 5.02 Å². The minimum atomic E-state index is -0.521. The van der Waals surface area contributed by atoms with Gasteiger partial charge in [-0.2, -0.15) is 4.68 Å². The number of hydrogen-bond donors (Lipinski definition) is 1. The summed E-state index contributed by atoms with van der Waals surface area (Å²) in [5.41, 5.74) is 6.71. The van der Waals surface area contributed by atoms with E-state index in [4.69, 9.17) is 17.3 Å². The Morgan fingerprint density at radius 2 is 2.05 bits per heavy atom. The molecule has 0 aliphatic rings. The quantitative estimate of drug-likeness (QED) is 0.703. The lowest BCUT2D eigenvalue weighted by Crippen LogP contribution is -2.01. The Morgan fingerprint density at radius 1 is 1.24 bits per heavy atom. The van der Waals surface area contributed by atoms with Crippen LogP contribution in [0.15, 0.2) is 40.9 Å². The van der Waals surface area contributed by atoms with Crippen LogP contribution in [-0.2, 0) is 0 Å². The van der Waals surface area contributed by atoms with Gasteiger partial charge in [-0.05, 0) is 56.7 Å². The van der Waals surface area contributed by atoms with Gasteiger partial charge in [-0.25, -0.2) is 4.39 Å². The lowest BCUT2D eigenvalue weighted by atomic mass is 10.2. The molecule has 0 spiro atoms. The molecule has 0 amide bonds. The van der Waals surface area contributed by atoms with Crippen molar-refractivity contribution in [2.24, 2.45) is 0 Å². The van der Waals surface area contributed by atoms with E-state index in [9.17, 15) is 4.39 Å². The third-order valence-electron chi connectivity index (χ3n) is 2.89. The summed E-state index contributed by atoms with van der Waals surface area (Å²) in [4.78, 5) is 0. The van der Waals surface area contributed by atoms with Crippen molar-refractivity contribution in [3.05, 3.63) is 51.7 Å². The number of aromatic nitrogens is 4. The lowest BCUT2D eigenvalue weighted by Gasteiger charge is -2.08. The second kappa shape index (κ2) is 5.42. The molecule has 8 heteroatoms. The van der Waals surface area contributed by atoms with Crippen LogP contribution >= 0.6 is 27.5 Å². The second-order valence-corrected chi connectivity index (χ2v) is 5.42. The van der Waals surface area contributed by atoms with Gasteiger partial charge in [-0.1, -0.05) is 17.7 Å². The number of nitrogens with two attached hydrogens (primary N) is 1. The molecule has 0 fully saturated rings. The molecular weight excluding hydrogens is 361 g/mol. The van der Waals surface area contributed by atoms with E-state index in [0.717, 1.165) is 0 Å². The first-order valence-corrected chi connectivity index (χ1v) is 7.03. The number of rotatable bonds is 2. The van der Waals surface area contributed by atoms with E-state index in [2.05, 4.69) is 31.5 Å². The first-order valence-electron chi connectivity index (χ1n) is 5.86. The molecule has 0 aliphatic heterocycles. The maximum atomic E-state index is 13.6. The van der Waals surface area contributed by atoms with Gasteiger partial charge in [-0.15, -0.1) is 5.10 Å². The van der Waals surface area contributed by atoms with Crippen molar-refractivity contribution in [3.8, 4) is 17.1 Å². The van der Waals surface area contributed by atoms with Gasteiger partial charge >= 0.3 is 0 Å². The molecule has 5 nitrogen and oxygen atoms in total. The molecule has 1 aromatic heterocycles. The van der Waals surface area contributed by atoms with Crippen molar-refractivity contribution < 1.29 is 4.39 Å². The molecule has 0 aliphatic carbocycles. The van der Waals surface area contributed by atoms with Gasteiger partial charge in [0, 0.05) is 5.56 Å². The van der Waals surface area contributed by atoms with Crippen molar-refractivity contribution in [1.29, 1.82) is 0 Å². The lowest BCUT2D eigenvalue weighted by molar-refractivity contribution is 0.632. The maximum absolute atomic E-state index is 13.6. The Hall–Kier alpha value is -1.99. The monoisotopic (exact) mass is 367 g/mol. The minimum Gasteiger partial charge on any atom is -0.396 e. The number of nitrogens with zero attached hydrogens (tertiary/aromatic N) is 4. The average Bonchev–Trinajstić information content (AvgIpc) is 2.94. The number of nitrogen functional groups attached to an aromatic ring is 1. The van der Waals surface area contributed by atoms with Crippen molar-refractivity contribution in [1.82, 2.24) is 20.2 Å². The molecule has 0 bridgehead atoms. The molecule has 106 valence electrons. The predicted octanol–water partition coefficient (Wildman–Crippen LogP) is 3.47. The van der Waals surface area contributed by atoms with Crippen molar-refractivity contribution in [3.63, 3.8) is 0 Å². The summed E-state index contributed by atoms with van der Waals surface area (Å²) >= 11 is 9.46. The predicted molar refractivity (Wildman–Crippen MR) is 81.7 cm³/mol. The van der Waals surface area contributed by atoms with E-state index in [1.54, 1.807) is 24.3 Å². The fourth-order valence-electron chi connectivity index (χ4n) is 1.85. The van der Waals surface area contributed by atoms with Gasteiger partial charge in [0.2, 0.25) is 0 Å². The Kier molecular flexibility index (Phi) is 3.60. The summed E-state index contributed by atoms with van der Waals surface area (Å²) in [7, 11) is 0. The zero-order valence-electron chi connectivity index (χ0n) is 10.5. The SMILES string of the molecule is Nc1ccc(-c2nnnn2-c2cccc(Cl)c2Br)cc1F. The van der Waals surface area contributed by atoms with E-state index < -0.39 is 5.82 Å². The molecule has 0 unspecified atom stereocenters. The molecule has 0 saturated carbocycles. The van der Waals surface area contributed by atoms with Crippen molar-refractivity contribution in [2.75, 3.05) is 5.73 Å². The van der Waals surface area contributed by atoms with Crippen molar-refractivity contribution in [2.45, 2.75) is 0 Å². The molecule has 0 radical (unpaired) electrons. The zero-order valence-corrected chi connectivity index (χ0v) is 12.8. The topological polar surface area (TPSA) is 69.6 Å². The minimum absolute atomic E-state index is 0.0710. The smallest absolute Gasteiger partial charge is 0.187 e. The molecule has 2 N–H and O–H groups in total. The van der Waals surface area contributed by atoms with Gasteiger partial charge in [-0.3, -0.25) is 0 Å². The fraction of sp³-hybridized carbons (Fsp3) is 0. The molecule has 1 heterocycles. The van der Waals surface area contributed by atoms with Gasteiger partial charge in [0.25, 0.3) is 0 Å². The van der Waals surface area contributed by atoms with Crippen LogP contribution in [0.5, 0.6) is 0 Å². The number of hydrogen-bond acceptors (Lipinski definition) is 4. The highest BCUT2D eigenvalue weighted by molar-refractivity contribution is 9.10. The van der Waals surface area contributed by atoms with Gasteiger partial charge in [0.15, 0.2) is 5.82 Å². The van der Waals surface area contributed by atoms with Crippen molar-refractivity contribution >= 4 is 33.2 Å². The van der Waals surface area contributed by atoms with Crippen LogP contribution in [0.1, 0.15) is 0 Å². The summed E-state index contributed by atoms with van der Waals surface area (Å²) < 4.78 is 15.7. The highest BCUT2D eigenvalue weighted by Crippen LogP contribution is 2.31. The summed E-state index contributed by atoms with van der Waals surface area (Å²) in [6, 6.07) is 9.72. The highest BCUT2D eigenvalue weighted by Gasteiger charge is 2.15. The molecule has 0 saturated heterocycles. The number of halogens is 3. The van der Waals surface area contributed by atoms with Crippen LogP contribution in [0.25, 0.3) is 17.1 Å². The summed E-state index contributed by atoms with van der Waals surface area (Å²) in [6.45, 7) is 0. The Balaban J connectivity index is 2.17. The van der Waals surface area contributed by atoms with Gasteiger partial charge < -0.3 is 5.73 Å². The van der Waals surface area contributed by atoms with Crippen LogP contribution in [-0.4, -0.2) is 20.2 Å². The highest BCUT2D eigenvalue weighted by atomic mass is 79.9. The Labute approximate surface area is 132 Å². The molecule has 21 heavy (non-hydrogen) atoms. The van der Waals surface area contributed by atoms with E-state index in [1.807, 2.05) is 0 Å². The zero-order chi connectivity index (χ0) is 15.0. The first kappa shape index (κ1) is 14.0. The molecule has 0 atom stereocenters. The second-order valence-electron chi connectivity index (χ2n) is 4.22. The maximum Gasteiger partial charge on any atom is 0.187 e. The standard InChI is InChI=1S/C13H8BrClFN5/c14-12-8(15)2-1-3-11(12)21-13(18-19-20-21)7-4-5-10(17)9(16)6-7/h1-6H,17H2. The normalized spacial score (nSPS) is 10.8. The molecule has 3 rings (SSSR count). The van der Waals surface area contributed by atoms with E-state index in [-0.39, 0.29) is 5.69 Å². The van der Waals surface area contributed by atoms with Crippen LogP contribution in [0.4, 0.5) is 10.1 Å². The first-order chi connectivity index (χ1) is 10.1. The third-order valence-corrected chi connectivity index (χ3v) is 4.26. The van der Waals surface area contributed by atoms with Crippen LogP contribution < -0.4 is 5.73 Å². The summed E-state index contributed by atoms with van der Waals surface area (Å²) in [6.07, 6.45) is 0. The molecular formula is C13H8BrClFN5. The van der Waals surface area contributed by atoms with E-state index in [0.29, 0.717) is 26.6 Å². The van der Waals surface area contributed by atoms with Gasteiger partial charge in [0.1, 0.15) is 5.82 Å². The Morgan fingerprint density at radius 3 is 2.81 bits per heavy atom. The third kappa shape index (κ3) is 2.50. The van der Waals surface area contributed by atoms with Crippen LogP contribution in [0.3, 0.4) is 0 Å². The Bertz CT molecular complexity index is 820. The number of anilines is 1. The number of benzene rings is 2. The summed E-state index contributed by atoms with van der Waals surface area (Å²) in [5.74, 6) is -0.135. The average molecular weight is 369 g/mol. The largest absolute Gasteiger partial charge is 0.396 e.